The van der Waals surface area contributed by atoms with Gasteiger partial charge in [-0.1, -0.05) is 36.7 Å². The molecule has 2 aromatic heterocycles. The maximum Gasteiger partial charge on any atom is 0.337 e. The molecule has 0 saturated heterocycles. The molecular weight excluding hydrogens is 396 g/mol. The quantitative estimate of drug-likeness (QED) is 0.592. The van der Waals surface area contributed by atoms with Crippen molar-refractivity contribution in [2.24, 2.45) is 5.92 Å². The number of aromatic carboxylic acids is 1. The first-order chi connectivity index (χ1) is 14.6. The zero-order valence-electron chi connectivity index (χ0n) is 17.0. The molecule has 2 fully saturated rings. The predicted molar refractivity (Wildman–Crippen MR) is 119 cm³/mol. The van der Waals surface area contributed by atoms with E-state index in [1.807, 2.05) is 29.0 Å². The molecule has 2 heterocycles. The molecule has 156 valence electrons. The highest BCUT2D eigenvalue weighted by Crippen LogP contribution is 2.40. The highest BCUT2D eigenvalue weighted by molar-refractivity contribution is 7.16. The van der Waals surface area contributed by atoms with Crippen molar-refractivity contribution in [1.82, 2.24) is 9.55 Å². The van der Waals surface area contributed by atoms with Crippen molar-refractivity contribution in [2.75, 3.05) is 0 Å². The van der Waals surface area contributed by atoms with Crippen LogP contribution in [-0.2, 0) is 13.0 Å². The third-order valence-electron chi connectivity index (χ3n) is 6.54. The lowest BCUT2D eigenvalue weighted by Crippen LogP contribution is -2.20. The molecule has 0 amide bonds. The number of nitrogens with zero attached hydrogens (tertiary/aromatic N) is 2. The van der Waals surface area contributed by atoms with Gasteiger partial charge in [-0.2, -0.15) is 0 Å². The second kappa shape index (κ2) is 7.99. The molecule has 30 heavy (non-hydrogen) atoms. The third kappa shape index (κ3) is 3.93. The summed E-state index contributed by atoms with van der Waals surface area (Å²) in [5, 5.41) is 9.65. The minimum absolute atomic E-state index is 0.103. The Hall–Kier alpha value is -2.47. The molecule has 1 N–H and O–H groups in total. The van der Waals surface area contributed by atoms with Gasteiger partial charge >= 0.3 is 10.8 Å². The van der Waals surface area contributed by atoms with Crippen LogP contribution in [0.5, 0.6) is 0 Å². The average Bonchev–Trinajstić information content (AvgIpc) is 3.54. The monoisotopic (exact) mass is 422 g/mol. The molecule has 2 aliphatic carbocycles. The maximum absolute atomic E-state index is 12.6. The SMILES string of the molecule is O=C(O)c1cc(C2CC2)cnc1Cc1ccc2c(c1)sc(=O)n2CC1CCCCC1. The number of carbonyl (C=O) groups is 1. The molecule has 0 unspecified atom stereocenters. The van der Waals surface area contributed by atoms with E-state index in [4.69, 9.17) is 0 Å². The van der Waals surface area contributed by atoms with E-state index in [1.165, 1.54) is 43.4 Å². The Morgan fingerprint density at radius 2 is 1.93 bits per heavy atom. The lowest BCUT2D eigenvalue weighted by atomic mass is 9.89. The van der Waals surface area contributed by atoms with Crippen LogP contribution in [0.25, 0.3) is 10.2 Å². The largest absolute Gasteiger partial charge is 0.478 e. The van der Waals surface area contributed by atoms with Crippen LogP contribution in [0.2, 0.25) is 0 Å². The number of carboxylic acids is 1. The highest BCUT2D eigenvalue weighted by Gasteiger charge is 2.26. The predicted octanol–water partition coefficient (Wildman–Crippen LogP) is 5.20. The summed E-state index contributed by atoms with van der Waals surface area (Å²) >= 11 is 1.29. The summed E-state index contributed by atoms with van der Waals surface area (Å²) in [5.41, 5.74) is 3.89. The Labute approximate surface area is 179 Å². The number of fused-ring (bicyclic) bond motifs is 1. The van der Waals surface area contributed by atoms with E-state index in [2.05, 4.69) is 4.98 Å². The van der Waals surface area contributed by atoms with Gasteiger partial charge in [-0.05, 0) is 66.8 Å². The lowest BCUT2D eigenvalue weighted by molar-refractivity contribution is 0.0695. The van der Waals surface area contributed by atoms with E-state index < -0.39 is 5.97 Å². The van der Waals surface area contributed by atoms with Gasteiger partial charge in [0.25, 0.3) is 0 Å². The van der Waals surface area contributed by atoms with Crippen LogP contribution in [0, 0.1) is 5.92 Å². The van der Waals surface area contributed by atoms with Crippen molar-refractivity contribution >= 4 is 27.5 Å². The van der Waals surface area contributed by atoms with Crippen molar-refractivity contribution in [1.29, 1.82) is 0 Å². The van der Waals surface area contributed by atoms with E-state index >= 15 is 0 Å². The molecule has 1 aromatic carbocycles. The summed E-state index contributed by atoms with van der Waals surface area (Å²) in [6.45, 7) is 0.811. The van der Waals surface area contributed by atoms with E-state index in [1.54, 1.807) is 6.07 Å². The zero-order chi connectivity index (χ0) is 20.7. The van der Waals surface area contributed by atoms with Gasteiger partial charge in [0.1, 0.15) is 0 Å². The molecule has 0 radical (unpaired) electrons. The van der Waals surface area contributed by atoms with Crippen molar-refractivity contribution < 1.29 is 9.90 Å². The summed E-state index contributed by atoms with van der Waals surface area (Å²) in [7, 11) is 0. The zero-order valence-corrected chi connectivity index (χ0v) is 17.8. The van der Waals surface area contributed by atoms with Crippen molar-refractivity contribution in [2.45, 2.75) is 63.8 Å². The molecule has 6 heteroatoms. The van der Waals surface area contributed by atoms with Crippen LogP contribution in [0.3, 0.4) is 0 Å². The fraction of sp³-hybridized carbons (Fsp3) is 0.458. The minimum Gasteiger partial charge on any atom is -0.478 e. The fourth-order valence-electron chi connectivity index (χ4n) is 4.69. The van der Waals surface area contributed by atoms with E-state index in [-0.39, 0.29) is 4.87 Å². The average molecular weight is 423 g/mol. The molecule has 0 spiro atoms. The Kier molecular flexibility index (Phi) is 5.19. The van der Waals surface area contributed by atoms with Crippen LogP contribution in [-0.4, -0.2) is 20.6 Å². The van der Waals surface area contributed by atoms with Crippen molar-refractivity contribution in [3.05, 3.63) is 62.5 Å². The summed E-state index contributed by atoms with van der Waals surface area (Å²) in [5.74, 6) is 0.146. The van der Waals surface area contributed by atoms with E-state index in [0.29, 0.717) is 29.5 Å². The normalized spacial score (nSPS) is 17.5. The lowest BCUT2D eigenvalue weighted by Gasteiger charge is -2.21. The van der Waals surface area contributed by atoms with Gasteiger partial charge in [0.2, 0.25) is 0 Å². The second-order valence-electron chi connectivity index (χ2n) is 8.80. The molecular formula is C24H26N2O3S. The van der Waals surface area contributed by atoms with Crippen LogP contribution >= 0.6 is 11.3 Å². The molecule has 0 aliphatic heterocycles. The first kappa shape index (κ1) is 19.5. The molecule has 0 atom stereocenters. The first-order valence-corrected chi connectivity index (χ1v) is 11.7. The smallest absolute Gasteiger partial charge is 0.337 e. The fourth-order valence-corrected chi connectivity index (χ4v) is 5.65. The van der Waals surface area contributed by atoms with Gasteiger partial charge in [0, 0.05) is 19.2 Å². The first-order valence-electron chi connectivity index (χ1n) is 10.9. The number of hydrogen-bond acceptors (Lipinski definition) is 4. The number of pyridine rings is 1. The number of hydrogen-bond donors (Lipinski definition) is 1. The van der Waals surface area contributed by atoms with Gasteiger partial charge in [0.05, 0.1) is 21.5 Å². The second-order valence-corrected chi connectivity index (χ2v) is 9.80. The van der Waals surface area contributed by atoms with Gasteiger partial charge < -0.3 is 5.11 Å². The minimum atomic E-state index is -0.927. The van der Waals surface area contributed by atoms with Gasteiger partial charge in [-0.15, -0.1) is 0 Å². The van der Waals surface area contributed by atoms with Crippen molar-refractivity contribution in [3.63, 3.8) is 0 Å². The van der Waals surface area contributed by atoms with Crippen molar-refractivity contribution in [3.8, 4) is 0 Å². The Morgan fingerprint density at radius 3 is 2.67 bits per heavy atom. The topological polar surface area (TPSA) is 72.2 Å². The number of thiazole rings is 1. The molecule has 5 nitrogen and oxygen atoms in total. The summed E-state index contributed by atoms with van der Waals surface area (Å²) in [4.78, 5) is 29.0. The molecule has 2 aliphatic rings. The molecule has 5 rings (SSSR count). The Morgan fingerprint density at radius 1 is 1.13 bits per heavy atom. The van der Waals surface area contributed by atoms with E-state index in [9.17, 15) is 14.7 Å². The number of benzene rings is 1. The number of carboxylic acid groups (broad SMARTS) is 1. The Bertz CT molecular complexity index is 1150. The molecule has 0 bridgehead atoms. The van der Waals surface area contributed by atoms with Gasteiger partial charge in [-0.3, -0.25) is 14.3 Å². The molecule has 2 saturated carbocycles. The summed E-state index contributed by atoms with van der Waals surface area (Å²) in [6, 6.07) is 7.85. The van der Waals surface area contributed by atoms with Crippen LogP contribution in [0.15, 0.2) is 35.3 Å². The number of rotatable bonds is 6. The van der Waals surface area contributed by atoms with Crippen LogP contribution in [0.1, 0.15) is 78.0 Å². The Balaban J connectivity index is 1.42. The van der Waals surface area contributed by atoms with Crippen LogP contribution < -0.4 is 4.87 Å². The summed E-state index contributed by atoms with van der Waals surface area (Å²) in [6.07, 6.45) is 10.8. The van der Waals surface area contributed by atoms with Gasteiger partial charge in [0.15, 0.2) is 0 Å². The highest BCUT2D eigenvalue weighted by atomic mass is 32.1. The summed E-state index contributed by atoms with van der Waals surface area (Å²) < 4.78 is 2.91. The number of aromatic nitrogens is 2. The third-order valence-corrected chi connectivity index (χ3v) is 7.48. The van der Waals surface area contributed by atoms with Gasteiger partial charge in [-0.25, -0.2) is 4.79 Å². The maximum atomic E-state index is 12.6. The van der Waals surface area contributed by atoms with E-state index in [0.717, 1.165) is 40.7 Å². The standard InChI is InChI=1S/C24H26N2O3S/c27-23(28)19-12-18(17-7-8-17)13-25-20(19)10-16-6-9-21-22(11-16)30-24(29)26(21)14-15-4-2-1-3-5-15/h6,9,11-13,15,17H,1-5,7-8,10,14H2,(H,27,28). The van der Waals surface area contributed by atoms with Crippen LogP contribution in [0.4, 0.5) is 0 Å². The molecule has 3 aromatic rings.